The molecule has 2 heterocycles. The van der Waals surface area contributed by atoms with E-state index in [0.29, 0.717) is 41.3 Å². The summed E-state index contributed by atoms with van der Waals surface area (Å²) in [4.78, 5) is 15.0. The minimum Gasteiger partial charge on any atom is -0.349 e. The monoisotopic (exact) mass is 421 g/mol. The summed E-state index contributed by atoms with van der Waals surface area (Å²) in [6.07, 6.45) is 8.20. The molecule has 1 saturated heterocycles. The molecule has 6 nitrogen and oxygen atoms in total. The number of benzene rings is 1. The van der Waals surface area contributed by atoms with Crippen LogP contribution in [0.2, 0.25) is 5.02 Å². The second kappa shape index (κ2) is 6.73. The molecule has 150 valence electrons. The van der Waals surface area contributed by atoms with Crippen molar-refractivity contribution >= 4 is 39.1 Å². The smallest absolute Gasteiger partial charge is 0.286 e. The molecule has 2 aliphatic heterocycles. The first-order valence-corrected chi connectivity index (χ1v) is 12.0. The number of amides is 1. The summed E-state index contributed by atoms with van der Waals surface area (Å²) in [5.41, 5.74) is 0.776. The van der Waals surface area contributed by atoms with Crippen molar-refractivity contribution < 1.29 is 13.2 Å². The maximum atomic E-state index is 12.9. The van der Waals surface area contributed by atoms with Gasteiger partial charge in [-0.25, -0.2) is 0 Å². The Morgan fingerprint density at radius 2 is 1.86 bits per heavy atom. The van der Waals surface area contributed by atoms with E-state index in [1.54, 1.807) is 6.07 Å². The van der Waals surface area contributed by atoms with Gasteiger partial charge in [-0.05, 0) is 62.5 Å². The first-order valence-electron chi connectivity index (χ1n) is 10.2. The van der Waals surface area contributed by atoms with E-state index >= 15 is 0 Å². The number of amidine groups is 1. The molecule has 0 spiro atoms. The molecule has 0 bridgehead atoms. The van der Waals surface area contributed by atoms with E-state index < -0.39 is 10.0 Å². The number of carbonyl (C=O) groups excluding carboxylic acids is 1. The third-order valence-corrected chi connectivity index (χ3v) is 7.89. The number of hydrogen-bond acceptors (Lipinski definition) is 4. The lowest BCUT2D eigenvalue weighted by molar-refractivity contribution is 0.0926. The van der Waals surface area contributed by atoms with Crippen LogP contribution in [-0.2, 0) is 10.0 Å². The molecule has 0 radical (unpaired) electrons. The van der Waals surface area contributed by atoms with Gasteiger partial charge in [-0.3, -0.25) is 4.79 Å². The zero-order valence-electron chi connectivity index (χ0n) is 15.7. The average molecular weight is 422 g/mol. The van der Waals surface area contributed by atoms with Crippen LogP contribution < -0.4 is 10.2 Å². The Labute approximate surface area is 170 Å². The van der Waals surface area contributed by atoms with Crippen LogP contribution in [0.3, 0.4) is 0 Å². The van der Waals surface area contributed by atoms with Crippen molar-refractivity contribution in [1.82, 2.24) is 5.32 Å². The summed E-state index contributed by atoms with van der Waals surface area (Å²) in [7, 11) is -3.83. The molecule has 1 aromatic carbocycles. The number of rotatable bonds is 4. The average Bonchev–Trinajstić information content (AvgIpc) is 3.53. The Morgan fingerprint density at radius 3 is 2.54 bits per heavy atom. The lowest BCUT2D eigenvalue weighted by Crippen LogP contribution is -2.39. The fourth-order valence-corrected chi connectivity index (χ4v) is 5.94. The van der Waals surface area contributed by atoms with Crippen LogP contribution in [0.15, 0.2) is 21.4 Å². The Balaban J connectivity index is 1.50. The number of nitrogens with one attached hydrogen (secondary N) is 1. The highest BCUT2D eigenvalue weighted by molar-refractivity contribution is 7.90. The van der Waals surface area contributed by atoms with Gasteiger partial charge in [0.2, 0.25) is 0 Å². The number of anilines is 1. The van der Waals surface area contributed by atoms with Crippen molar-refractivity contribution in [1.29, 1.82) is 0 Å². The van der Waals surface area contributed by atoms with Crippen LogP contribution in [0.4, 0.5) is 5.69 Å². The highest BCUT2D eigenvalue weighted by Crippen LogP contribution is 2.45. The molecule has 28 heavy (non-hydrogen) atoms. The van der Waals surface area contributed by atoms with Crippen LogP contribution in [0.1, 0.15) is 61.7 Å². The molecule has 0 unspecified atom stereocenters. The third-order valence-electron chi connectivity index (χ3n) is 6.24. The predicted octanol–water partition coefficient (Wildman–Crippen LogP) is 3.74. The summed E-state index contributed by atoms with van der Waals surface area (Å²) >= 11 is 6.47. The van der Waals surface area contributed by atoms with E-state index in [1.165, 1.54) is 6.07 Å². The predicted molar refractivity (Wildman–Crippen MR) is 109 cm³/mol. The largest absolute Gasteiger partial charge is 0.349 e. The van der Waals surface area contributed by atoms with E-state index in [-0.39, 0.29) is 22.4 Å². The molecule has 1 N–H and O–H groups in total. The summed E-state index contributed by atoms with van der Waals surface area (Å²) in [5.74, 6) is 1.42. The Bertz CT molecular complexity index is 955. The molecule has 2 aliphatic carbocycles. The quantitative estimate of drug-likeness (QED) is 0.803. The second-order valence-corrected chi connectivity index (χ2v) is 10.4. The highest BCUT2D eigenvalue weighted by Gasteiger charge is 2.42. The van der Waals surface area contributed by atoms with Gasteiger partial charge in [0.1, 0.15) is 10.7 Å². The minimum absolute atomic E-state index is 0.0853. The summed E-state index contributed by atoms with van der Waals surface area (Å²) in [6, 6.07) is 3.24. The van der Waals surface area contributed by atoms with Gasteiger partial charge >= 0.3 is 0 Å². The number of hydrogen-bond donors (Lipinski definition) is 1. The normalized spacial score (nSPS) is 23.5. The Kier molecular flexibility index (Phi) is 4.43. The van der Waals surface area contributed by atoms with Gasteiger partial charge < -0.3 is 10.2 Å². The molecular formula is C20H24ClN3O3S. The van der Waals surface area contributed by atoms with E-state index in [2.05, 4.69) is 9.71 Å². The second-order valence-electron chi connectivity index (χ2n) is 8.42. The molecule has 0 aromatic heterocycles. The molecule has 1 aromatic rings. The van der Waals surface area contributed by atoms with Gasteiger partial charge in [0.05, 0.1) is 16.3 Å². The minimum atomic E-state index is -3.83. The summed E-state index contributed by atoms with van der Waals surface area (Å²) in [5, 5.41) is 3.42. The maximum absolute atomic E-state index is 12.9. The number of sulfonamides is 1. The molecule has 1 amide bonds. The van der Waals surface area contributed by atoms with E-state index in [9.17, 15) is 13.2 Å². The standard InChI is InChI=1S/C20H24ClN3O3S/c21-15-11-16-17(28(26,27)23-18-4-2-1-3-9-24(16)18)10-14(15)20(25)22-19(12-5-6-12)13-7-8-13/h10-13,19H,1-9H2,(H,22,25). The number of fused-ring (bicyclic) bond motifs is 3. The fourth-order valence-electron chi connectivity index (χ4n) is 4.43. The van der Waals surface area contributed by atoms with Crippen molar-refractivity contribution in [2.45, 2.75) is 62.3 Å². The topological polar surface area (TPSA) is 78.8 Å². The first-order chi connectivity index (χ1) is 13.4. The zero-order chi connectivity index (χ0) is 19.5. The van der Waals surface area contributed by atoms with Crippen LogP contribution in [0.25, 0.3) is 0 Å². The highest BCUT2D eigenvalue weighted by atomic mass is 35.5. The summed E-state index contributed by atoms with van der Waals surface area (Å²) in [6.45, 7) is 0.717. The van der Waals surface area contributed by atoms with E-state index in [1.807, 2.05) is 4.90 Å². The summed E-state index contributed by atoms with van der Waals surface area (Å²) < 4.78 is 29.6. The maximum Gasteiger partial charge on any atom is 0.286 e. The van der Waals surface area contributed by atoms with Crippen LogP contribution in [-0.4, -0.2) is 32.7 Å². The van der Waals surface area contributed by atoms with E-state index in [4.69, 9.17) is 11.6 Å². The lowest BCUT2D eigenvalue weighted by atomic mass is 10.1. The van der Waals surface area contributed by atoms with Gasteiger partial charge in [-0.15, -0.1) is 4.40 Å². The molecule has 2 saturated carbocycles. The molecule has 3 fully saturated rings. The van der Waals surface area contributed by atoms with Crippen molar-refractivity contribution in [3.63, 3.8) is 0 Å². The van der Waals surface area contributed by atoms with Crippen LogP contribution in [0, 0.1) is 11.8 Å². The van der Waals surface area contributed by atoms with Crippen molar-refractivity contribution in [2.75, 3.05) is 11.4 Å². The van der Waals surface area contributed by atoms with Gasteiger partial charge in [-0.1, -0.05) is 18.0 Å². The number of halogens is 1. The van der Waals surface area contributed by atoms with Crippen LogP contribution in [0.5, 0.6) is 0 Å². The SMILES string of the molecule is O=C(NC(C1CC1)C1CC1)c1cc2c(cc1Cl)N1CCCCCC1=NS2(=O)=O. The fraction of sp³-hybridized carbons (Fsp3) is 0.600. The molecule has 0 atom stereocenters. The van der Waals surface area contributed by atoms with Crippen molar-refractivity contribution in [3.8, 4) is 0 Å². The molecule has 4 aliphatic rings. The van der Waals surface area contributed by atoms with Gasteiger partial charge in [-0.2, -0.15) is 8.42 Å². The van der Waals surface area contributed by atoms with Gasteiger partial charge in [0, 0.05) is 19.0 Å². The van der Waals surface area contributed by atoms with Gasteiger partial charge in [0.15, 0.2) is 0 Å². The zero-order valence-corrected chi connectivity index (χ0v) is 17.2. The number of nitrogens with zero attached hydrogens (tertiary/aromatic N) is 2. The van der Waals surface area contributed by atoms with Gasteiger partial charge in [0.25, 0.3) is 15.9 Å². The molecule has 8 heteroatoms. The Morgan fingerprint density at radius 1 is 1.14 bits per heavy atom. The first kappa shape index (κ1) is 18.4. The molecule has 5 rings (SSSR count). The van der Waals surface area contributed by atoms with E-state index in [0.717, 1.165) is 44.9 Å². The Hall–Kier alpha value is -1.60. The van der Waals surface area contributed by atoms with Crippen LogP contribution >= 0.6 is 11.6 Å². The third kappa shape index (κ3) is 3.32. The lowest BCUT2D eigenvalue weighted by Gasteiger charge is -2.30. The number of carbonyl (C=O) groups is 1. The molecular weight excluding hydrogens is 398 g/mol. The van der Waals surface area contributed by atoms with Crippen molar-refractivity contribution in [3.05, 3.63) is 22.7 Å². The van der Waals surface area contributed by atoms with Crippen molar-refractivity contribution in [2.24, 2.45) is 16.2 Å².